The number of anilines is 1. The maximum Gasteiger partial charge on any atom is 0.335 e. The van der Waals surface area contributed by atoms with Gasteiger partial charge in [0, 0.05) is 18.1 Å². The molecule has 8 heteroatoms. The second-order valence-electron chi connectivity index (χ2n) is 4.70. The summed E-state index contributed by atoms with van der Waals surface area (Å²) in [4.78, 5) is 36.1. The van der Waals surface area contributed by atoms with Crippen molar-refractivity contribution in [2.45, 2.75) is 12.5 Å². The van der Waals surface area contributed by atoms with E-state index in [0.717, 1.165) is 0 Å². The SMILES string of the molecule is CN1CCC(NC(=O)Nc2cc(C(=O)O)ccc2Br)C1=O. The van der Waals surface area contributed by atoms with E-state index in [1.807, 2.05) is 0 Å². The Labute approximate surface area is 129 Å². The third-order valence-corrected chi connectivity index (χ3v) is 3.89. The van der Waals surface area contributed by atoms with Crippen LogP contribution in [0.15, 0.2) is 22.7 Å². The first kappa shape index (κ1) is 15.3. The van der Waals surface area contributed by atoms with Crippen LogP contribution < -0.4 is 10.6 Å². The summed E-state index contributed by atoms with van der Waals surface area (Å²) in [5.41, 5.74) is 0.386. The largest absolute Gasteiger partial charge is 0.478 e. The number of likely N-dealkylation sites (N-methyl/N-ethyl adjacent to an activating group) is 1. The third kappa shape index (κ3) is 3.52. The van der Waals surface area contributed by atoms with Gasteiger partial charge in [-0.05, 0) is 40.5 Å². The minimum absolute atomic E-state index is 0.0603. The number of carboxylic acid groups (broad SMARTS) is 1. The third-order valence-electron chi connectivity index (χ3n) is 3.19. The number of benzene rings is 1. The molecule has 1 aliphatic heterocycles. The Morgan fingerprint density at radius 3 is 2.71 bits per heavy atom. The highest BCUT2D eigenvalue weighted by atomic mass is 79.9. The molecule has 21 heavy (non-hydrogen) atoms. The molecule has 2 rings (SSSR count). The fraction of sp³-hybridized carbons (Fsp3) is 0.308. The van der Waals surface area contributed by atoms with Gasteiger partial charge in [-0.25, -0.2) is 9.59 Å². The second-order valence-corrected chi connectivity index (χ2v) is 5.55. The number of hydrogen-bond acceptors (Lipinski definition) is 3. The van der Waals surface area contributed by atoms with Crippen LogP contribution in [-0.4, -0.2) is 47.5 Å². The summed E-state index contributed by atoms with van der Waals surface area (Å²) < 4.78 is 0.553. The van der Waals surface area contributed by atoms with E-state index in [0.29, 0.717) is 23.1 Å². The lowest BCUT2D eigenvalue weighted by Crippen LogP contribution is -2.42. The molecule has 1 unspecified atom stereocenters. The van der Waals surface area contributed by atoms with Crippen molar-refractivity contribution in [3.63, 3.8) is 0 Å². The molecule has 0 radical (unpaired) electrons. The molecular formula is C13H14BrN3O4. The maximum atomic E-state index is 11.9. The molecule has 1 aromatic rings. The van der Waals surface area contributed by atoms with Crippen molar-refractivity contribution in [1.82, 2.24) is 10.2 Å². The number of carbonyl (C=O) groups is 3. The average molecular weight is 356 g/mol. The first-order valence-corrected chi connectivity index (χ1v) is 7.03. The van der Waals surface area contributed by atoms with E-state index in [2.05, 4.69) is 26.6 Å². The fourth-order valence-corrected chi connectivity index (χ4v) is 2.37. The molecule has 1 saturated heterocycles. The Kier molecular flexibility index (Phi) is 4.46. The zero-order valence-corrected chi connectivity index (χ0v) is 12.8. The number of carboxylic acids is 1. The summed E-state index contributed by atoms with van der Waals surface area (Å²) in [6.45, 7) is 0.599. The summed E-state index contributed by atoms with van der Waals surface area (Å²) in [5, 5.41) is 14.0. The first-order valence-electron chi connectivity index (χ1n) is 6.24. The van der Waals surface area contributed by atoms with E-state index >= 15 is 0 Å². The number of carbonyl (C=O) groups excluding carboxylic acids is 2. The molecule has 3 N–H and O–H groups in total. The highest BCUT2D eigenvalue weighted by Crippen LogP contribution is 2.23. The second kappa shape index (κ2) is 6.13. The fourth-order valence-electron chi connectivity index (χ4n) is 2.03. The van der Waals surface area contributed by atoms with Crippen molar-refractivity contribution in [2.75, 3.05) is 18.9 Å². The average Bonchev–Trinajstić information content (AvgIpc) is 2.73. The molecule has 0 bridgehead atoms. The summed E-state index contributed by atoms with van der Waals surface area (Å²) in [7, 11) is 1.68. The van der Waals surface area contributed by atoms with Gasteiger partial charge in [-0.15, -0.1) is 0 Å². The first-order chi connectivity index (χ1) is 9.88. The van der Waals surface area contributed by atoms with Crippen LogP contribution in [0, 0.1) is 0 Å². The van der Waals surface area contributed by atoms with Gasteiger partial charge in [0.1, 0.15) is 6.04 Å². The van der Waals surface area contributed by atoms with Gasteiger partial charge >= 0.3 is 12.0 Å². The Hall–Kier alpha value is -2.09. The predicted molar refractivity (Wildman–Crippen MR) is 79.3 cm³/mol. The number of likely N-dealkylation sites (tertiary alicyclic amines) is 1. The minimum Gasteiger partial charge on any atom is -0.478 e. The van der Waals surface area contributed by atoms with Crippen LogP contribution in [0.25, 0.3) is 0 Å². The molecule has 112 valence electrons. The Morgan fingerprint density at radius 2 is 2.14 bits per heavy atom. The molecular weight excluding hydrogens is 342 g/mol. The number of aromatic carboxylic acids is 1. The Bertz CT molecular complexity index is 605. The highest BCUT2D eigenvalue weighted by molar-refractivity contribution is 9.10. The van der Waals surface area contributed by atoms with Crippen LogP contribution in [0.2, 0.25) is 0 Å². The number of hydrogen-bond donors (Lipinski definition) is 3. The molecule has 0 aromatic heterocycles. The van der Waals surface area contributed by atoms with E-state index in [4.69, 9.17) is 5.11 Å². The van der Waals surface area contributed by atoms with E-state index in [-0.39, 0.29) is 11.5 Å². The van der Waals surface area contributed by atoms with Gasteiger partial charge in [0.15, 0.2) is 0 Å². The van der Waals surface area contributed by atoms with Crippen LogP contribution in [0.3, 0.4) is 0 Å². The summed E-state index contributed by atoms with van der Waals surface area (Å²) in [6, 6.07) is 3.20. The quantitative estimate of drug-likeness (QED) is 0.764. The lowest BCUT2D eigenvalue weighted by Gasteiger charge is -2.14. The number of halogens is 1. The molecule has 1 heterocycles. The van der Waals surface area contributed by atoms with E-state index in [1.54, 1.807) is 11.9 Å². The highest BCUT2D eigenvalue weighted by Gasteiger charge is 2.30. The maximum absolute atomic E-state index is 11.9. The smallest absolute Gasteiger partial charge is 0.335 e. The van der Waals surface area contributed by atoms with Crippen molar-refractivity contribution >= 4 is 39.5 Å². The zero-order chi connectivity index (χ0) is 15.6. The molecule has 1 fully saturated rings. The van der Waals surface area contributed by atoms with Crippen molar-refractivity contribution < 1.29 is 19.5 Å². The molecule has 0 saturated carbocycles. The Morgan fingerprint density at radius 1 is 1.43 bits per heavy atom. The van der Waals surface area contributed by atoms with Gasteiger partial charge in [0.05, 0.1) is 11.3 Å². The lowest BCUT2D eigenvalue weighted by atomic mass is 10.2. The van der Waals surface area contributed by atoms with Gasteiger partial charge in [-0.3, -0.25) is 4.79 Å². The summed E-state index contributed by atoms with van der Waals surface area (Å²) >= 11 is 3.23. The molecule has 1 aromatic carbocycles. The number of nitrogens with zero attached hydrogens (tertiary/aromatic N) is 1. The summed E-state index contributed by atoms with van der Waals surface area (Å²) in [6.07, 6.45) is 0.555. The number of urea groups is 1. The molecule has 1 aliphatic rings. The van der Waals surface area contributed by atoms with Gasteiger partial charge in [-0.1, -0.05) is 0 Å². The van der Waals surface area contributed by atoms with Crippen molar-refractivity contribution in [2.24, 2.45) is 0 Å². The molecule has 0 spiro atoms. The van der Waals surface area contributed by atoms with Gasteiger partial charge in [-0.2, -0.15) is 0 Å². The Balaban J connectivity index is 2.04. The van der Waals surface area contributed by atoms with Crippen LogP contribution in [0.1, 0.15) is 16.8 Å². The van der Waals surface area contributed by atoms with Gasteiger partial charge < -0.3 is 20.6 Å². The normalized spacial score (nSPS) is 17.7. The lowest BCUT2D eigenvalue weighted by molar-refractivity contribution is -0.128. The number of amides is 3. The molecule has 0 aliphatic carbocycles. The topological polar surface area (TPSA) is 98.7 Å². The zero-order valence-electron chi connectivity index (χ0n) is 11.2. The summed E-state index contributed by atoms with van der Waals surface area (Å²) in [5.74, 6) is -1.22. The molecule has 1 atom stereocenters. The van der Waals surface area contributed by atoms with Crippen LogP contribution in [0.4, 0.5) is 10.5 Å². The number of nitrogens with one attached hydrogen (secondary N) is 2. The van der Waals surface area contributed by atoms with Crippen molar-refractivity contribution in [3.05, 3.63) is 28.2 Å². The van der Waals surface area contributed by atoms with Crippen LogP contribution in [-0.2, 0) is 4.79 Å². The minimum atomic E-state index is -1.08. The van der Waals surface area contributed by atoms with E-state index in [9.17, 15) is 14.4 Å². The van der Waals surface area contributed by atoms with Crippen molar-refractivity contribution in [1.29, 1.82) is 0 Å². The monoisotopic (exact) mass is 355 g/mol. The van der Waals surface area contributed by atoms with E-state index in [1.165, 1.54) is 18.2 Å². The van der Waals surface area contributed by atoms with Crippen molar-refractivity contribution in [3.8, 4) is 0 Å². The number of rotatable bonds is 3. The van der Waals surface area contributed by atoms with E-state index < -0.39 is 18.0 Å². The molecule has 3 amide bonds. The van der Waals surface area contributed by atoms with Crippen LogP contribution in [0.5, 0.6) is 0 Å². The van der Waals surface area contributed by atoms with Crippen LogP contribution >= 0.6 is 15.9 Å². The van der Waals surface area contributed by atoms with Gasteiger partial charge in [0.2, 0.25) is 5.91 Å². The standard InChI is InChI=1S/C13H14BrN3O4/c1-17-5-4-9(11(17)18)15-13(21)16-10-6-7(12(19)20)2-3-8(10)14/h2-3,6,9H,4-5H2,1H3,(H,19,20)(H2,15,16,21). The predicted octanol–water partition coefficient (Wildman–Crippen LogP) is 1.50. The molecule has 7 nitrogen and oxygen atoms in total. The van der Waals surface area contributed by atoms with Gasteiger partial charge in [0.25, 0.3) is 0 Å².